The summed E-state index contributed by atoms with van der Waals surface area (Å²) >= 11 is 5.72. The van der Waals surface area contributed by atoms with E-state index in [2.05, 4.69) is 5.32 Å². The van der Waals surface area contributed by atoms with Crippen LogP contribution in [0.25, 0.3) is 0 Å². The Hall–Kier alpha value is -1.75. The summed E-state index contributed by atoms with van der Waals surface area (Å²) in [5.41, 5.74) is 0.342. The van der Waals surface area contributed by atoms with Crippen molar-refractivity contribution >= 4 is 23.7 Å². The smallest absolute Gasteiger partial charge is 0.413 e. The molecule has 0 spiro atoms. The normalized spacial score (nSPS) is 18.7. The molecule has 1 unspecified atom stereocenters. The highest BCUT2D eigenvalue weighted by molar-refractivity contribution is 6.30. The monoisotopic (exact) mass is 227 g/mol. The van der Waals surface area contributed by atoms with Gasteiger partial charge >= 0.3 is 12.1 Å². The van der Waals surface area contributed by atoms with E-state index in [-0.39, 0.29) is 5.75 Å². The molecule has 0 aliphatic carbocycles. The van der Waals surface area contributed by atoms with Gasteiger partial charge < -0.3 is 15.2 Å². The van der Waals surface area contributed by atoms with E-state index < -0.39 is 18.1 Å². The molecule has 1 amide bonds. The summed E-state index contributed by atoms with van der Waals surface area (Å²) < 4.78 is 4.80. The maximum absolute atomic E-state index is 11.0. The van der Waals surface area contributed by atoms with Gasteiger partial charge in [0.15, 0.2) is 6.04 Å². The summed E-state index contributed by atoms with van der Waals surface area (Å²) in [4.78, 5) is 21.9. The zero-order valence-electron chi connectivity index (χ0n) is 7.36. The second kappa shape index (κ2) is 3.43. The van der Waals surface area contributed by atoms with Gasteiger partial charge in [-0.15, -0.1) is 0 Å². The second-order valence-electron chi connectivity index (χ2n) is 2.99. The molecular weight excluding hydrogens is 222 g/mol. The van der Waals surface area contributed by atoms with Crippen LogP contribution in [0.15, 0.2) is 18.2 Å². The molecule has 6 heteroatoms. The van der Waals surface area contributed by atoms with Crippen LogP contribution in [0.4, 0.5) is 4.79 Å². The summed E-state index contributed by atoms with van der Waals surface area (Å²) in [6.45, 7) is 0. The number of amides is 1. The molecule has 1 aliphatic heterocycles. The van der Waals surface area contributed by atoms with Crippen molar-refractivity contribution in [2.24, 2.45) is 0 Å². The van der Waals surface area contributed by atoms with E-state index in [1.165, 1.54) is 18.2 Å². The minimum absolute atomic E-state index is 0.218. The molecule has 2 rings (SSSR count). The quantitative estimate of drug-likeness (QED) is 0.764. The van der Waals surface area contributed by atoms with E-state index in [0.29, 0.717) is 10.6 Å². The fourth-order valence-electron chi connectivity index (χ4n) is 1.36. The van der Waals surface area contributed by atoms with Crippen molar-refractivity contribution in [2.75, 3.05) is 0 Å². The van der Waals surface area contributed by atoms with E-state index in [1.54, 1.807) is 0 Å². The van der Waals surface area contributed by atoms with Crippen LogP contribution in [0.1, 0.15) is 11.6 Å². The van der Waals surface area contributed by atoms with E-state index in [9.17, 15) is 9.59 Å². The number of hydrogen-bond donors (Lipinski definition) is 2. The maximum Gasteiger partial charge on any atom is 0.413 e. The minimum Gasteiger partial charge on any atom is -0.479 e. The van der Waals surface area contributed by atoms with Crippen LogP contribution >= 0.6 is 11.6 Å². The van der Waals surface area contributed by atoms with Gasteiger partial charge in [0.2, 0.25) is 0 Å². The number of carboxylic acid groups (broad SMARTS) is 1. The maximum atomic E-state index is 11.0. The molecule has 1 aromatic rings. The predicted molar refractivity (Wildman–Crippen MR) is 51.0 cm³/mol. The molecule has 15 heavy (non-hydrogen) atoms. The highest BCUT2D eigenvalue weighted by Crippen LogP contribution is 2.31. The molecule has 1 atom stereocenters. The van der Waals surface area contributed by atoms with Crippen LogP contribution in [-0.2, 0) is 4.79 Å². The molecular formula is C9H6ClNO4. The number of halogens is 1. The Labute approximate surface area is 89.6 Å². The highest BCUT2D eigenvalue weighted by atomic mass is 35.5. The SMILES string of the molecule is O=C1NC(C(=O)O)c2cc(Cl)ccc2O1. The lowest BCUT2D eigenvalue weighted by Crippen LogP contribution is -2.39. The average molecular weight is 228 g/mol. The first-order chi connectivity index (χ1) is 7.08. The standard InChI is InChI=1S/C9H6ClNO4/c10-4-1-2-6-5(3-4)7(8(12)13)11-9(14)15-6/h1-3,7H,(H,11,14)(H,12,13). The van der Waals surface area contributed by atoms with Crippen molar-refractivity contribution in [3.05, 3.63) is 28.8 Å². The molecule has 0 fully saturated rings. The fraction of sp³-hybridized carbons (Fsp3) is 0.111. The number of nitrogens with one attached hydrogen (secondary N) is 1. The van der Waals surface area contributed by atoms with Crippen LogP contribution in [0.3, 0.4) is 0 Å². The van der Waals surface area contributed by atoms with Crippen molar-refractivity contribution in [3.63, 3.8) is 0 Å². The molecule has 0 radical (unpaired) electrons. The first-order valence-electron chi connectivity index (χ1n) is 4.08. The van der Waals surface area contributed by atoms with Crippen molar-refractivity contribution in [1.82, 2.24) is 5.32 Å². The van der Waals surface area contributed by atoms with Crippen molar-refractivity contribution in [1.29, 1.82) is 0 Å². The number of hydrogen-bond acceptors (Lipinski definition) is 3. The first kappa shape index (κ1) is 9.79. The molecule has 2 N–H and O–H groups in total. The number of aliphatic carboxylic acids is 1. The Morgan fingerprint density at radius 1 is 1.53 bits per heavy atom. The zero-order valence-corrected chi connectivity index (χ0v) is 8.12. The van der Waals surface area contributed by atoms with Crippen molar-refractivity contribution in [3.8, 4) is 5.75 Å². The number of carbonyl (C=O) groups is 2. The molecule has 0 aromatic heterocycles. The number of benzene rings is 1. The predicted octanol–water partition coefficient (Wildman–Crippen LogP) is 1.57. The van der Waals surface area contributed by atoms with Crippen LogP contribution in [0.2, 0.25) is 5.02 Å². The average Bonchev–Trinajstić information content (AvgIpc) is 2.17. The van der Waals surface area contributed by atoms with Gasteiger partial charge in [-0.2, -0.15) is 0 Å². The third-order valence-corrected chi connectivity index (χ3v) is 2.23. The molecule has 1 aromatic carbocycles. The number of rotatable bonds is 1. The molecule has 0 bridgehead atoms. The van der Waals surface area contributed by atoms with Gasteiger partial charge in [0.1, 0.15) is 5.75 Å². The van der Waals surface area contributed by atoms with Crippen LogP contribution in [0.5, 0.6) is 5.75 Å². The fourth-order valence-corrected chi connectivity index (χ4v) is 1.54. The third-order valence-electron chi connectivity index (χ3n) is 1.99. The highest BCUT2D eigenvalue weighted by Gasteiger charge is 2.31. The summed E-state index contributed by atoms with van der Waals surface area (Å²) in [5, 5.41) is 11.4. The third kappa shape index (κ3) is 1.73. The van der Waals surface area contributed by atoms with E-state index in [4.69, 9.17) is 21.4 Å². The molecule has 1 heterocycles. The number of carbonyl (C=O) groups excluding carboxylic acids is 1. The Morgan fingerprint density at radius 3 is 2.93 bits per heavy atom. The molecule has 0 saturated heterocycles. The number of fused-ring (bicyclic) bond motifs is 1. The molecule has 78 valence electrons. The summed E-state index contributed by atoms with van der Waals surface area (Å²) in [7, 11) is 0. The van der Waals surface area contributed by atoms with Gasteiger partial charge in [-0.1, -0.05) is 11.6 Å². The summed E-state index contributed by atoms with van der Waals surface area (Å²) in [6.07, 6.45) is -0.780. The largest absolute Gasteiger partial charge is 0.479 e. The lowest BCUT2D eigenvalue weighted by Gasteiger charge is -2.22. The van der Waals surface area contributed by atoms with E-state index in [1.807, 2.05) is 0 Å². The number of carboxylic acids is 1. The summed E-state index contributed by atoms with van der Waals surface area (Å²) in [6, 6.07) is 3.33. The Bertz CT molecular complexity index is 446. The lowest BCUT2D eigenvalue weighted by molar-refractivity contribution is -0.139. The van der Waals surface area contributed by atoms with Gasteiger partial charge in [0, 0.05) is 10.6 Å². The number of ether oxygens (including phenoxy) is 1. The van der Waals surface area contributed by atoms with E-state index >= 15 is 0 Å². The molecule has 5 nitrogen and oxygen atoms in total. The Balaban J connectivity index is 2.52. The topological polar surface area (TPSA) is 75.6 Å². The van der Waals surface area contributed by atoms with Gasteiger partial charge in [0.25, 0.3) is 0 Å². The van der Waals surface area contributed by atoms with Gasteiger partial charge in [-0.25, -0.2) is 9.59 Å². The minimum atomic E-state index is -1.16. The van der Waals surface area contributed by atoms with Gasteiger partial charge in [0.05, 0.1) is 0 Å². The van der Waals surface area contributed by atoms with Crippen molar-refractivity contribution in [2.45, 2.75) is 6.04 Å². The Morgan fingerprint density at radius 2 is 2.27 bits per heavy atom. The molecule has 1 aliphatic rings. The van der Waals surface area contributed by atoms with Crippen LogP contribution in [-0.4, -0.2) is 17.2 Å². The van der Waals surface area contributed by atoms with Crippen LogP contribution in [0, 0.1) is 0 Å². The first-order valence-corrected chi connectivity index (χ1v) is 4.46. The second-order valence-corrected chi connectivity index (χ2v) is 3.42. The van der Waals surface area contributed by atoms with E-state index in [0.717, 1.165) is 0 Å². The zero-order chi connectivity index (χ0) is 11.0. The van der Waals surface area contributed by atoms with Crippen LogP contribution < -0.4 is 10.1 Å². The Kier molecular flexibility index (Phi) is 2.24. The van der Waals surface area contributed by atoms with Gasteiger partial charge in [-0.05, 0) is 18.2 Å². The molecule has 0 saturated carbocycles. The summed E-state index contributed by atoms with van der Waals surface area (Å²) in [5.74, 6) is -0.939. The lowest BCUT2D eigenvalue weighted by atomic mass is 10.1. The van der Waals surface area contributed by atoms with Gasteiger partial charge in [-0.3, -0.25) is 0 Å². The van der Waals surface area contributed by atoms with Crippen molar-refractivity contribution < 1.29 is 19.4 Å².